The predicted octanol–water partition coefficient (Wildman–Crippen LogP) is 2.10. The Kier molecular flexibility index (Phi) is 2.84. The van der Waals surface area contributed by atoms with Crippen LogP contribution in [-0.4, -0.2) is 18.0 Å². The topological polar surface area (TPSA) is 69.4 Å². The van der Waals surface area contributed by atoms with E-state index in [2.05, 4.69) is 4.74 Å². The van der Waals surface area contributed by atoms with Gasteiger partial charge in [-0.2, -0.15) is 0 Å². The van der Waals surface area contributed by atoms with Gasteiger partial charge in [0.1, 0.15) is 9.90 Å². The molecule has 1 aromatic heterocycles. The number of halogens is 1. The van der Waals surface area contributed by atoms with Crippen molar-refractivity contribution in [3.63, 3.8) is 0 Å². The molecule has 7 heteroatoms. The third kappa shape index (κ3) is 1.78. The largest absolute Gasteiger partial charge is 0.465 e. The van der Waals surface area contributed by atoms with E-state index in [1.807, 2.05) is 0 Å². The fourth-order valence-corrected chi connectivity index (χ4v) is 1.91. The van der Waals surface area contributed by atoms with Crippen molar-refractivity contribution < 1.29 is 14.5 Å². The van der Waals surface area contributed by atoms with E-state index < -0.39 is 10.9 Å². The van der Waals surface area contributed by atoms with Gasteiger partial charge in [-0.3, -0.25) is 10.1 Å². The second-order valence-corrected chi connectivity index (χ2v) is 3.27. The monoisotopic (exact) mass is 221 g/mol. The van der Waals surface area contributed by atoms with Crippen LogP contribution < -0.4 is 0 Å². The number of nitro groups is 1. The van der Waals surface area contributed by atoms with Gasteiger partial charge in [0.15, 0.2) is 0 Å². The number of rotatable bonds is 2. The van der Waals surface area contributed by atoms with Crippen molar-refractivity contribution in [2.24, 2.45) is 0 Å². The minimum absolute atomic E-state index is 0.0517. The minimum atomic E-state index is -0.664. The Labute approximate surface area is 82.0 Å². The maximum Gasteiger partial charge on any atom is 0.349 e. The van der Waals surface area contributed by atoms with Gasteiger partial charge in [-0.05, 0) is 0 Å². The second kappa shape index (κ2) is 3.71. The summed E-state index contributed by atoms with van der Waals surface area (Å²) in [6.45, 7) is 0. The van der Waals surface area contributed by atoms with Crippen molar-refractivity contribution in [3.05, 3.63) is 25.4 Å². The van der Waals surface area contributed by atoms with Gasteiger partial charge in [-0.15, -0.1) is 11.3 Å². The molecule has 0 saturated carbocycles. The molecule has 0 bridgehead atoms. The Morgan fingerprint density at radius 1 is 1.77 bits per heavy atom. The molecule has 0 aliphatic rings. The van der Waals surface area contributed by atoms with Crippen LogP contribution in [0.2, 0.25) is 5.02 Å². The summed E-state index contributed by atoms with van der Waals surface area (Å²) in [4.78, 5) is 20.7. The molecule has 0 aliphatic heterocycles. The fraction of sp³-hybridized carbons (Fsp3) is 0.167. The van der Waals surface area contributed by atoms with Gasteiger partial charge in [0.25, 0.3) is 5.69 Å². The number of nitrogens with zero attached hydrogens (tertiary/aromatic N) is 1. The minimum Gasteiger partial charge on any atom is -0.465 e. The Morgan fingerprint density at radius 3 is 2.77 bits per heavy atom. The van der Waals surface area contributed by atoms with Crippen LogP contribution in [0.25, 0.3) is 0 Å². The summed E-state index contributed by atoms with van der Waals surface area (Å²) >= 11 is 6.45. The summed E-state index contributed by atoms with van der Waals surface area (Å²) in [6.07, 6.45) is 0. The second-order valence-electron chi connectivity index (χ2n) is 2.01. The Morgan fingerprint density at radius 2 is 2.38 bits per heavy atom. The normalized spacial score (nSPS) is 9.69. The molecule has 0 saturated heterocycles. The molecule has 0 atom stereocenters. The molecule has 0 amide bonds. The fourth-order valence-electron chi connectivity index (χ4n) is 0.688. The van der Waals surface area contributed by atoms with Gasteiger partial charge in [0, 0.05) is 0 Å². The maximum atomic E-state index is 11.0. The van der Waals surface area contributed by atoms with Gasteiger partial charge in [-0.25, -0.2) is 4.79 Å². The standard InChI is InChI=1S/C6H4ClNO4S/c1-12-6(9)5-4(7)3(2-13-5)8(10)11/h2H,1H3. The van der Waals surface area contributed by atoms with E-state index >= 15 is 0 Å². The van der Waals surface area contributed by atoms with Crippen LogP contribution in [-0.2, 0) is 4.74 Å². The highest BCUT2D eigenvalue weighted by Gasteiger charge is 2.23. The Hall–Kier alpha value is -1.14. The van der Waals surface area contributed by atoms with Gasteiger partial charge in [0.05, 0.1) is 17.4 Å². The lowest BCUT2D eigenvalue weighted by molar-refractivity contribution is -0.384. The lowest BCUT2D eigenvalue weighted by atomic mass is 10.4. The summed E-state index contributed by atoms with van der Waals surface area (Å²) < 4.78 is 4.37. The zero-order valence-electron chi connectivity index (χ0n) is 6.44. The molecule has 0 spiro atoms. The van der Waals surface area contributed by atoms with E-state index in [0.29, 0.717) is 0 Å². The molecule has 0 N–H and O–H groups in total. The average molecular weight is 222 g/mol. The van der Waals surface area contributed by atoms with Gasteiger partial charge in [0.2, 0.25) is 0 Å². The van der Waals surface area contributed by atoms with Crippen molar-refractivity contribution in [3.8, 4) is 0 Å². The Bertz CT molecular complexity index is 362. The third-order valence-corrected chi connectivity index (χ3v) is 2.72. The van der Waals surface area contributed by atoms with Gasteiger partial charge >= 0.3 is 5.97 Å². The first kappa shape index (κ1) is 9.94. The number of methoxy groups -OCH3 is 1. The molecule has 70 valence electrons. The van der Waals surface area contributed by atoms with Gasteiger partial charge < -0.3 is 4.74 Å². The molecule has 1 aromatic rings. The lowest BCUT2D eigenvalue weighted by Crippen LogP contribution is -1.98. The first-order valence-electron chi connectivity index (χ1n) is 3.07. The predicted molar refractivity (Wildman–Crippen MR) is 47.3 cm³/mol. The number of esters is 1. The third-order valence-electron chi connectivity index (χ3n) is 1.28. The van der Waals surface area contributed by atoms with E-state index in [9.17, 15) is 14.9 Å². The summed E-state index contributed by atoms with van der Waals surface area (Å²) in [6, 6.07) is 0. The molecule has 0 radical (unpaired) electrons. The van der Waals surface area contributed by atoms with E-state index in [0.717, 1.165) is 11.3 Å². The van der Waals surface area contributed by atoms with Crippen molar-refractivity contribution in [1.29, 1.82) is 0 Å². The molecule has 0 aliphatic carbocycles. The van der Waals surface area contributed by atoms with Crippen LogP contribution in [0.5, 0.6) is 0 Å². The smallest absolute Gasteiger partial charge is 0.349 e. The molecule has 1 rings (SSSR count). The Balaban J connectivity index is 3.13. The first-order valence-corrected chi connectivity index (χ1v) is 4.33. The lowest BCUT2D eigenvalue weighted by Gasteiger charge is -1.93. The number of thiophene rings is 1. The van der Waals surface area contributed by atoms with Crippen LogP contribution in [0.4, 0.5) is 5.69 Å². The van der Waals surface area contributed by atoms with E-state index in [-0.39, 0.29) is 15.6 Å². The highest BCUT2D eigenvalue weighted by molar-refractivity contribution is 7.13. The van der Waals surface area contributed by atoms with E-state index in [1.54, 1.807) is 0 Å². The van der Waals surface area contributed by atoms with E-state index in [1.165, 1.54) is 12.5 Å². The van der Waals surface area contributed by atoms with Crippen molar-refractivity contribution >= 4 is 34.6 Å². The molecule has 5 nitrogen and oxygen atoms in total. The first-order chi connectivity index (χ1) is 6.07. The molecule has 1 heterocycles. The summed E-state index contributed by atoms with van der Waals surface area (Å²) in [5.41, 5.74) is -0.271. The van der Waals surface area contributed by atoms with Gasteiger partial charge in [-0.1, -0.05) is 11.6 Å². The highest BCUT2D eigenvalue weighted by Crippen LogP contribution is 2.34. The SMILES string of the molecule is COC(=O)c1scc([N+](=O)[O-])c1Cl. The molecule has 0 aromatic carbocycles. The van der Waals surface area contributed by atoms with Crippen LogP contribution >= 0.6 is 22.9 Å². The molecular formula is C6H4ClNO4S. The average Bonchev–Trinajstić information content (AvgIpc) is 2.46. The van der Waals surface area contributed by atoms with Crippen molar-refractivity contribution in [1.82, 2.24) is 0 Å². The van der Waals surface area contributed by atoms with Crippen molar-refractivity contribution in [2.45, 2.75) is 0 Å². The number of carbonyl (C=O) groups excluding carboxylic acids is 1. The number of hydrogen-bond donors (Lipinski definition) is 0. The number of hydrogen-bond acceptors (Lipinski definition) is 5. The number of ether oxygens (including phenoxy) is 1. The molecule has 13 heavy (non-hydrogen) atoms. The molecule has 0 unspecified atom stereocenters. The summed E-state index contributed by atoms with van der Waals surface area (Å²) in [5.74, 6) is -0.664. The summed E-state index contributed by atoms with van der Waals surface area (Å²) in [7, 11) is 1.18. The molecule has 0 fully saturated rings. The number of carbonyl (C=O) groups is 1. The highest BCUT2D eigenvalue weighted by atomic mass is 35.5. The van der Waals surface area contributed by atoms with Crippen LogP contribution in [0.1, 0.15) is 9.67 Å². The summed E-state index contributed by atoms with van der Waals surface area (Å²) in [5, 5.41) is 11.4. The van der Waals surface area contributed by atoms with Crippen LogP contribution in [0, 0.1) is 10.1 Å². The quantitative estimate of drug-likeness (QED) is 0.436. The van der Waals surface area contributed by atoms with Crippen LogP contribution in [0.3, 0.4) is 0 Å². The maximum absolute atomic E-state index is 11.0. The zero-order chi connectivity index (χ0) is 10.0. The van der Waals surface area contributed by atoms with Crippen molar-refractivity contribution in [2.75, 3.05) is 7.11 Å². The van der Waals surface area contributed by atoms with E-state index in [4.69, 9.17) is 11.6 Å². The zero-order valence-corrected chi connectivity index (χ0v) is 8.02. The van der Waals surface area contributed by atoms with Crippen LogP contribution in [0.15, 0.2) is 5.38 Å². The molecular weight excluding hydrogens is 218 g/mol.